The zero-order chi connectivity index (χ0) is 13.2. The first kappa shape index (κ1) is 12.9. The van der Waals surface area contributed by atoms with Gasteiger partial charge in [-0.15, -0.1) is 11.8 Å². The van der Waals surface area contributed by atoms with Crippen LogP contribution in [0.15, 0.2) is 23.1 Å². The van der Waals surface area contributed by atoms with Crippen molar-refractivity contribution in [2.75, 3.05) is 35.7 Å². The highest BCUT2D eigenvalue weighted by molar-refractivity contribution is 8.00. The molecule has 0 spiro atoms. The van der Waals surface area contributed by atoms with Gasteiger partial charge in [0.1, 0.15) is 0 Å². The minimum Gasteiger partial charge on any atom is -0.337 e. The number of nitrogens with one attached hydrogen (secondary N) is 1. The normalized spacial score (nSPS) is 18.7. The average Bonchev–Trinajstić information content (AvgIpc) is 2.46. The summed E-state index contributed by atoms with van der Waals surface area (Å²) in [5.74, 6) is 2.51. The Morgan fingerprint density at radius 1 is 1.26 bits per heavy atom. The molecule has 1 saturated heterocycles. The van der Waals surface area contributed by atoms with Crippen LogP contribution in [-0.2, 0) is 4.79 Å². The molecule has 0 bridgehead atoms. The van der Waals surface area contributed by atoms with Crippen molar-refractivity contribution in [3.8, 4) is 0 Å². The predicted octanol–water partition coefficient (Wildman–Crippen LogP) is 1.92. The van der Waals surface area contributed by atoms with Crippen molar-refractivity contribution in [1.82, 2.24) is 4.90 Å². The number of carbonyl (C=O) groups is 2. The zero-order valence-electron chi connectivity index (χ0n) is 10.3. The number of hydrogen-bond donors (Lipinski definition) is 1. The predicted molar refractivity (Wildman–Crippen MR) is 79.0 cm³/mol. The van der Waals surface area contributed by atoms with E-state index in [4.69, 9.17) is 0 Å². The Hall–Kier alpha value is -1.14. The molecule has 6 heteroatoms. The van der Waals surface area contributed by atoms with E-state index in [1.54, 1.807) is 6.07 Å². The third-order valence-electron chi connectivity index (χ3n) is 3.16. The van der Waals surface area contributed by atoms with Crippen LogP contribution in [0.5, 0.6) is 0 Å². The lowest BCUT2D eigenvalue weighted by molar-refractivity contribution is -0.113. The first-order valence-electron chi connectivity index (χ1n) is 6.18. The third kappa shape index (κ3) is 2.74. The second-order valence-corrected chi connectivity index (χ2v) is 6.69. The highest BCUT2D eigenvalue weighted by Gasteiger charge is 2.21. The van der Waals surface area contributed by atoms with Gasteiger partial charge < -0.3 is 10.2 Å². The van der Waals surface area contributed by atoms with E-state index in [0.29, 0.717) is 11.3 Å². The summed E-state index contributed by atoms with van der Waals surface area (Å²) < 4.78 is 0. The molecule has 0 atom stereocenters. The maximum atomic E-state index is 12.4. The molecule has 0 saturated carbocycles. The Kier molecular flexibility index (Phi) is 3.70. The van der Waals surface area contributed by atoms with Crippen LogP contribution in [0.2, 0.25) is 0 Å². The van der Waals surface area contributed by atoms with Crippen LogP contribution in [0.25, 0.3) is 0 Å². The number of nitrogens with zero attached hydrogens (tertiary/aromatic N) is 1. The summed E-state index contributed by atoms with van der Waals surface area (Å²) in [4.78, 5) is 26.7. The highest BCUT2D eigenvalue weighted by atomic mass is 32.2. The van der Waals surface area contributed by atoms with E-state index in [-0.39, 0.29) is 11.8 Å². The summed E-state index contributed by atoms with van der Waals surface area (Å²) in [5.41, 5.74) is 1.42. The number of rotatable bonds is 1. The Bertz CT molecular complexity index is 527. The monoisotopic (exact) mass is 294 g/mol. The molecular weight excluding hydrogens is 280 g/mol. The minimum atomic E-state index is -0.00327. The van der Waals surface area contributed by atoms with Gasteiger partial charge in [-0.05, 0) is 18.2 Å². The summed E-state index contributed by atoms with van der Waals surface area (Å²) in [6.45, 7) is 1.61. The molecule has 1 aromatic carbocycles. The number of thioether (sulfide) groups is 2. The van der Waals surface area contributed by atoms with Crippen molar-refractivity contribution in [2.24, 2.45) is 0 Å². The van der Waals surface area contributed by atoms with Gasteiger partial charge in [0, 0.05) is 35.1 Å². The number of carbonyl (C=O) groups excluding carboxylic acids is 2. The third-order valence-corrected chi connectivity index (χ3v) is 5.17. The van der Waals surface area contributed by atoms with Crippen LogP contribution in [0, 0.1) is 0 Å². The van der Waals surface area contributed by atoms with E-state index < -0.39 is 0 Å². The Morgan fingerprint density at radius 2 is 2.05 bits per heavy atom. The second kappa shape index (κ2) is 5.46. The Balaban J connectivity index is 1.83. The number of anilines is 1. The van der Waals surface area contributed by atoms with Crippen LogP contribution in [-0.4, -0.2) is 47.1 Å². The smallest absolute Gasteiger partial charge is 0.253 e. The van der Waals surface area contributed by atoms with Crippen LogP contribution >= 0.6 is 23.5 Å². The van der Waals surface area contributed by atoms with Gasteiger partial charge in [0.15, 0.2) is 0 Å². The van der Waals surface area contributed by atoms with E-state index in [1.807, 2.05) is 28.8 Å². The first-order valence-corrected chi connectivity index (χ1v) is 8.32. The quantitative estimate of drug-likeness (QED) is 0.860. The standard InChI is InChI=1S/C13H14N2O2S2/c16-12-8-19-11-2-1-9(7-10(11)14-12)13(17)15-3-5-18-6-4-15/h1-2,7H,3-6,8H2,(H,14,16). The van der Waals surface area contributed by atoms with Gasteiger partial charge >= 0.3 is 0 Å². The molecular formula is C13H14N2O2S2. The van der Waals surface area contributed by atoms with E-state index >= 15 is 0 Å². The maximum absolute atomic E-state index is 12.4. The van der Waals surface area contributed by atoms with Crippen LogP contribution in [0.3, 0.4) is 0 Å². The van der Waals surface area contributed by atoms with Crippen LogP contribution in [0.1, 0.15) is 10.4 Å². The molecule has 0 unspecified atom stereocenters. The molecule has 0 radical (unpaired) electrons. The van der Waals surface area contributed by atoms with E-state index in [9.17, 15) is 9.59 Å². The summed E-state index contributed by atoms with van der Waals surface area (Å²) in [6.07, 6.45) is 0. The van der Waals surface area contributed by atoms with Crippen molar-refractivity contribution in [1.29, 1.82) is 0 Å². The van der Waals surface area contributed by atoms with Gasteiger partial charge in [-0.3, -0.25) is 9.59 Å². The number of amides is 2. The number of benzene rings is 1. The highest BCUT2D eigenvalue weighted by Crippen LogP contribution is 2.32. The summed E-state index contributed by atoms with van der Waals surface area (Å²) in [7, 11) is 0. The second-order valence-electron chi connectivity index (χ2n) is 4.45. The molecule has 100 valence electrons. The van der Waals surface area contributed by atoms with Crippen molar-refractivity contribution >= 4 is 41.0 Å². The average molecular weight is 294 g/mol. The molecule has 1 aromatic rings. The lowest BCUT2D eigenvalue weighted by Crippen LogP contribution is -2.38. The summed E-state index contributed by atoms with van der Waals surface area (Å²) in [5, 5.41) is 2.82. The lowest BCUT2D eigenvalue weighted by Gasteiger charge is -2.27. The Labute approximate surface area is 120 Å². The largest absolute Gasteiger partial charge is 0.337 e. The van der Waals surface area contributed by atoms with Gasteiger partial charge in [-0.2, -0.15) is 11.8 Å². The summed E-state index contributed by atoms with van der Waals surface area (Å²) >= 11 is 3.39. The van der Waals surface area contributed by atoms with Gasteiger partial charge in [0.25, 0.3) is 5.91 Å². The molecule has 2 heterocycles. The fourth-order valence-electron chi connectivity index (χ4n) is 2.17. The zero-order valence-corrected chi connectivity index (χ0v) is 12.0. The minimum absolute atomic E-state index is 0.00327. The van der Waals surface area contributed by atoms with Crippen molar-refractivity contribution < 1.29 is 9.59 Å². The number of fused-ring (bicyclic) bond motifs is 1. The van der Waals surface area contributed by atoms with Crippen LogP contribution in [0.4, 0.5) is 5.69 Å². The first-order chi connectivity index (χ1) is 9.24. The molecule has 0 aliphatic carbocycles. The lowest BCUT2D eigenvalue weighted by atomic mass is 10.1. The Morgan fingerprint density at radius 3 is 2.84 bits per heavy atom. The van der Waals surface area contributed by atoms with Crippen LogP contribution < -0.4 is 5.32 Å². The molecule has 1 N–H and O–H groups in total. The van der Waals surface area contributed by atoms with E-state index in [0.717, 1.165) is 35.2 Å². The van der Waals surface area contributed by atoms with Crippen molar-refractivity contribution in [3.05, 3.63) is 23.8 Å². The van der Waals surface area contributed by atoms with Gasteiger partial charge in [-0.25, -0.2) is 0 Å². The van der Waals surface area contributed by atoms with Gasteiger partial charge in [0.2, 0.25) is 5.91 Å². The molecule has 2 aliphatic heterocycles. The molecule has 1 fully saturated rings. The van der Waals surface area contributed by atoms with Gasteiger partial charge in [0.05, 0.1) is 11.4 Å². The molecule has 2 amide bonds. The van der Waals surface area contributed by atoms with E-state index in [1.165, 1.54) is 11.8 Å². The topological polar surface area (TPSA) is 49.4 Å². The molecule has 3 rings (SSSR count). The molecule has 2 aliphatic rings. The fourth-order valence-corrected chi connectivity index (χ4v) is 3.86. The summed E-state index contributed by atoms with van der Waals surface area (Å²) in [6, 6.07) is 5.57. The molecule has 0 aromatic heterocycles. The molecule has 4 nitrogen and oxygen atoms in total. The maximum Gasteiger partial charge on any atom is 0.253 e. The van der Waals surface area contributed by atoms with Crippen molar-refractivity contribution in [3.63, 3.8) is 0 Å². The van der Waals surface area contributed by atoms with E-state index in [2.05, 4.69) is 5.32 Å². The molecule has 19 heavy (non-hydrogen) atoms. The van der Waals surface area contributed by atoms with Crippen molar-refractivity contribution in [2.45, 2.75) is 4.90 Å². The SMILES string of the molecule is O=C1CSc2ccc(C(=O)N3CCSCC3)cc2N1. The van der Waals surface area contributed by atoms with Gasteiger partial charge in [-0.1, -0.05) is 0 Å². The fraction of sp³-hybridized carbons (Fsp3) is 0.385. The number of hydrogen-bond acceptors (Lipinski definition) is 4.